The molecule has 2 N–H and O–H groups in total. The molecule has 0 aromatic heterocycles. The number of benzene rings is 3. The molecule has 1 atom stereocenters. The van der Waals surface area contributed by atoms with Gasteiger partial charge in [0.25, 0.3) is 11.8 Å². The normalized spacial score (nSPS) is 11.8. The average molecular weight is 462 g/mol. The highest BCUT2D eigenvalue weighted by Gasteiger charge is 2.25. The molecule has 1 unspecified atom stereocenters. The molecule has 0 aliphatic heterocycles. The van der Waals surface area contributed by atoms with Gasteiger partial charge in [0.1, 0.15) is 18.4 Å². The molecule has 7 heteroatoms. The second kappa shape index (κ2) is 11.2. The van der Waals surface area contributed by atoms with Crippen LogP contribution in [-0.4, -0.2) is 30.7 Å². The molecule has 2 amide bonds. The maximum absolute atomic E-state index is 12.8. The van der Waals surface area contributed by atoms with Crippen molar-refractivity contribution >= 4 is 40.4 Å². The van der Waals surface area contributed by atoms with E-state index in [0.29, 0.717) is 21.9 Å². The number of nitrogens with zero attached hydrogens (tertiary/aromatic N) is 1. The molecular formula is C26H24ClN3O3. The van der Waals surface area contributed by atoms with Crippen LogP contribution in [-0.2, 0) is 4.79 Å². The van der Waals surface area contributed by atoms with Crippen LogP contribution in [0.1, 0.15) is 29.8 Å². The van der Waals surface area contributed by atoms with Crippen molar-refractivity contribution < 1.29 is 14.3 Å². The van der Waals surface area contributed by atoms with Crippen LogP contribution in [0.15, 0.2) is 65.8 Å². The van der Waals surface area contributed by atoms with E-state index < -0.39 is 17.9 Å². The number of carbonyl (C=O) groups excluding carboxylic acids is 2. The quantitative estimate of drug-likeness (QED) is 0.296. The number of amides is 2. The molecule has 33 heavy (non-hydrogen) atoms. The number of rotatable bonds is 8. The van der Waals surface area contributed by atoms with E-state index in [9.17, 15) is 9.59 Å². The van der Waals surface area contributed by atoms with Crippen LogP contribution >= 0.6 is 11.6 Å². The van der Waals surface area contributed by atoms with Crippen molar-refractivity contribution in [3.05, 3.63) is 76.8 Å². The Labute approximate surface area is 198 Å². The summed E-state index contributed by atoms with van der Waals surface area (Å²) in [6.07, 6.45) is 6.84. The lowest BCUT2D eigenvalue weighted by Crippen LogP contribution is -2.48. The molecular weight excluding hydrogens is 438 g/mol. The summed E-state index contributed by atoms with van der Waals surface area (Å²) in [7, 11) is 0. The van der Waals surface area contributed by atoms with Gasteiger partial charge in [0, 0.05) is 5.56 Å². The maximum Gasteiger partial charge on any atom is 0.262 e. The van der Waals surface area contributed by atoms with Gasteiger partial charge < -0.3 is 10.1 Å². The molecule has 0 bridgehead atoms. The van der Waals surface area contributed by atoms with Gasteiger partial charge in [-0.25, -0.2) is 5.43 Å². The van der Waals surface area contributed by atoms with E-state index in [4.69, 9.17) is 22.8 Å². The van der Waals surface area contributed by atoms with Gasteiger partial charge in [0.15, 0.2) is 0 Å². The highest BCUT2D eigenvalue weighted by atomic mass is 35.5. The molecule has 3 rings (SSSR count). The van der Waals surface area contributed by atoms with Crippen LogP contribution in [0.25, 0.3) is 10.8 Å². The molecule has 168 valence electrons. The van der Waals surface area contributed by atoms with Crippen LogP contribution < -0.4 is 15.5 Å². The summed E-state index contributed by atoms with van der Waals surface area (Å²) in [4.78, 5) is 25.4. The van der Waals surface area contributed by atoms with Crippen molar-refractivity contribution in [3.63, 3.8) is 0 Å². The summed E-state index contributed by atoms with van der Waals surface area (Å²) < 4.78 is 5.64. The molecule has 0 aliphatic rings. The Bertz CT molecular complexity index is 1230. The van der Waals surface area contributed by atoms with E-state index in [1.165, 1.54) is 6.21 Å². The smallest absolute Gasteiger partial charge is 0.262 e. The Morgan fingerprint density at radius 1 is 1.12 bits per heavy atom. The summed E-state index contributed by atoms with van der Waals surface area (Å²) in [5.41, 5.74) is 3.50. The van der Waals surface area contributed by atoms with Gasteiger partial charge in [-0.1, -0.05) is 73.8 Å². The fraction of sp³-hybridized carbons (Fsp3) is 0.192. The SMILES string of the molecule is C#CCOc1ccc2ccccc2c1C=NNC(=O)C(NC(=O)c1ccccc1Cl)C(C)C. The third-order valence-corrected chi connectivity index (χ3v) is 5.29. The predicted molar refractivity (Wildman–Crippen MR) is 132 cm³/mol. The zero-order valence-corrected chi connectivity index (χ0v) is 19.1. The number of carbonyl (C=O) groups is 2. The topological polar surface area (TPSA) is 79.8 Å². The van der Waals surface area contributed by atoms with Crippen molar-refractivity contribution in [2.75, 3.05) is 6.61 Å². The summed E-state index contributed by atoms with van der Waals surface area (Å²) >= 11 is 6.10. The average Bonchev–Trinajstić information content (AvgIpc) is 2.81. The van der Waals surface area contributed by atoms with Gasteiger partial charge in [-0.2, -0.15) is 5.10 Å². The number of hydrazone groups is 1. The lowest BCUT2D eigenvalue weighted by atomic mass is 10.0. The first kappa shape index (κ1) is 23.8. The van der Waals surface area contributed by atoms with Crippen molar-refractivity contribution in [1.82, 2.24) is 10.7 Å². The Balaban J connectivity index is 1.79. The van der Waals surface area contributed by atoms with Crippen LogP contribution in [0.2, 0.25) is 5.02 Å². The number of nitrogens with one attached hydrogen (secondary N) is 2. The zero-order chi connectivity index (χ0) is 23.8. The Morgan fingerprint density at radius 3 is 2.58 bits per heavy atom. The second-order valence-corrected chi connectivity index (χ2v) is 8.01. The van der Waals surface area contributed by atoms with Crippen LogP contribution in [0, 0.1) is 18.3 Å². The van der Waals surface area contributed by atoms with E-state index >= 15 is 0 Å². The molecule has 6 nitrogen and oxygen atoms in total. The summed E-state index contributed by atoms with van der Waals surface area (Å²) in [6, 6.07) is 17.3. The van der Waals surface area contributed by atoms with Gasteiger partial charge in [-0.05, 0) is 34.9 Å². The third kappa shape index (κ3) is 5.91. The van der Waals surface area contributed by atoms with Gasteiger partial charge in [0.2, 0.25) is 0 Å². The number of halogens is 1. The zero-order valence-electron chi connectivity index (χ0n) is 18.3. The Kier molecular flexibility index (Phi) is 8.06. The first-order chi connectivity index (χ1) is 15.9. The summed E-state index contributed by atoms with van der Waals surface area (Å²) in [6.45, 7) is 3.77. The summed E-state index contributed by atoms with van der Waals surface area (Å²) in [5, 5.41) is 9.07. The molecule has 0 radical (unpaired) electrons. The molecule has 0 fully saturated rings. The van der Waals surface area contributed by atoms with E-state index in [1.807, 2.05) is 50.2 Å². The largest absolute Gasteiger partial charge is 0.480 e. The molecule has 0 aliphatic carbocycles. The maximum atomic E-state index is 12.8. The van der Waals surface area contributed by atoms with Crippen molar-refractivity contribution in [2.24, 2.45) is 11.0 Å². The molecule has 3 aromatic rings. The number of terminal acetylenes is 1. The molecule has 0 saturated heterocycles. The number of hydrogen-bond donors (Lipinski definition) is 2. The van der Waals surface area contributed by atoms with E-state index in [-0.39, 0.29) is 12.5 Å². The highest BCUT2D eigenvalue weighted by Crippen LogP contribution is 2.26. The van der Waals surface area contributed by atoms with Crippen molar-refractivity contribution in [1.29, 1.82) is 0 Å². The fourth-order valence-electron chi connectivity index (χ4n) is 3.28. The molecule has 0 heterocycles. The minimum absolute atomic E-state index is 0.106. The van der Waals surface area contributed by atoms with Crippen LogP contribution in [0.3, 0.4) is 0 Å². The van der Waals surface area contributed by atoms with E-state index in [0.717, 1.165) is 10.8 Å². The third-order valence-electron chi connectivity index (χ3n) is 4.96. The monoisotopic (exact) mass is 461 g/mol. The standard InChI is InChI=1S/C26H24ClN3O3/c1-4-15-33-23-14-13-18-9-5-6-10-19(18)21(23)16-28-30-26(32)24(17(2)3)29-25(31)20-11-7-8-12-22(20)27/h1,5-14,16-17,24H,15H2,2-3H3,(H,29,31)(H,30,32). The van der Waals surface area contributed by atoms with Gasteiger partial charge >= 0.3 is 0 Å². The first-order valence-electron chi connectivity index (χ1n) is 10.4. The van der Waals surface area contributed by atoms with Crippen LogP contribution in [0.4, 0.5) is 0 Å². The van der Waals surface area contributed by atoms with Gasteiger partial charge in [-0.15, -0.1) is 6.42 Å². The van der Waals surface area contributed by atoms with Crippen molar-refractivity contribution in [3.8, 4) is 18.1 Å². The van der Waals surface area contributed by atoms with Crippen LogP contribution in [0.5, 0.6) is 5.75 Å². The second-order valence-electron chi connectivity index (χ2n) is 7.60. The van der Waals surface area contributed by atoms with Crippen molar-refractivity contribution in [2.45, 2.75) is 19.9 Å². The van der Waals surface area contributed by atoms with Gasteiger partial charge in [0.05, 0.1) is 16.8 Å². The highest BCUT2D eigenvalue weighted by molar-refractivity contribution is 6.33. The van der Waals surface area contributed by atoms with E-state index in [1.54, 1.807) is 24.3 Å². The Hall–Kier alpha value is -3.82. The summed E-state index contributed by atoms with van der Waals surface area (Å²) in [5.74, 6) is 1.93. The molecule has 0 spiro atoms. The number of fused-ring (bicyclic) bond motifs is 1. The Morgan fingerprint density at radius 2 is 1.85 bits per heavy atom. The lowest BCUT2D eigenvalue weighted by molar-refractivity contribution is -0.123. The number of ether oxygens (including phenoxy) is 1. The number of hydrogen-bond acceptors (Lipinski definition) is 4. The fourth-order valence-corrected chi connectivity index (χ4v) is 3.50. The minimum Gasteiger partial charge on any atom is -0.480 e. The predicted octanol–water partition coefficient (Wildman–Crippen LogP) is 4.41. The van der Waals surface area contributed by atoms with E-state index in [2.05, 4.69) is 21.8 Å². The lowest BCUT2D eigenvalue weighted by Gasteiger charge is -2.20. The first-order valence-corrected chi connectivity index (χ1v) is 10.8. The molecule has 0 saturated carbocycles. The van der Waals surface area contributed by atoms with Gasteiger partial charge in [-0.3, -0.25) is 9.59 Å². The molecule has 3 aromatic carbocycles. The minimum atomic E-state index is -0.810.